The molecule has 0 rings (SSSR count). The second-order valence-electron chi connectivity index (χ2n) is 9.47. The maximum absolute atomic E-state index is 12.4. The van der Waals surface area contributed by atoms with Gasteiger partial charge < -0.3 is 43.8 Å². The molecule has 0 aromatic rings. The average molecular weight is 620 g/mol. The number of rotatable bonds is 27. The normalized spacial score (nSPS) is 11.0. The Morgan fingerprint density at radius 2 is 1.07 bits per heavy atom. The van der Waals surface area contributed by atoms with Gasteiger partial charge in [-0.05, 0) is 25.7 Å². The lowest BCUT2D eigenvalue weighted by Crippen LogP contribution is -2.47. The van der Waals surface area contributed by atoms with Gasteiger partial charge in [0, 0.05) is 52.4 Å². The lowest BCUT2D eigenvalue weighted by atomic mass is 10.3. The third kappa shape index (κ3) is 25.6. The summed E-state index contributed by atoms with van der Waals surface area (Å²) in [6, 6.07) is 0. The summed E-state index contributed by atoms with van der Waals surface area (Å²) in [5.41, 5.74) is 21.1. The molecule has 19 heteroatoms. The Bertz CT molecular complexity index is 883. The zero-order valence-corrected chi connectivity index (χ0v) is 24.9. The molecule has 0 bridgehead atoms. The average Bonchev–Trinajstić information content (AvgIpc) is 2.91. The van der Waals surface area contributed by atoms with Gasteiger partial charge in [0.05, 0.1) is 33.3 Å². The highest BCUT2D eigenvalue weighted by Crippen LogP contribution is 1.98. The highest BCUT2D eigenvalue weighted by Gasteiger charge is 2.19. The predicted molar refractivity (Wildman–Crippen MR) is 159 cm³/mol. The van der Waals surface area contributed by atoms with Crippen LogP contribution in [0.1, 0.15) is 25.7 Å². The van der Waals surface area contributed by atoms with Crippen LogP contribution >= 0.6 is 0 Å². The van der Waals surface area contributed by atoms with Crippen molar-refractivity contribution in [3.05, 3.63) is 0 Å². The van der Waals surface area contributed by atoms with Crippen LogP contribution < -0.4 is 33.6 Å². The fraction of sp³-hybridized carbons (Fsp3) is 0.750. The fourth-order valence-electron chi connectivity index (χ4n) is 3.61. The Hall–Kier alpha value is -3.78. The third-order valence-corrected chi connectivity index (χ3v) is 5.67. The molecule has 12 N–H and O–H groups in total. The minimum absolute atomic E-state index is 0.00437. The number of carboxylic acid groups (broad SMARTS) is 2. The number of carbonyl (C=O) groups excluding carboxylic acids is 2. The lowest BCUT2D eigenvalue weighted by Gasteiger charge is -2.28. The molecule has 43 heavy (non-hydrogen) atoms. The first kappa shape index (κ1) is 39.2. The Morgan fingerprint density at radius 1 is 0.651 bits per heavy atom. The van der Waals surface area contributed by atoms with Crippen molar-refractivity contribution in [1.29, 1.82) is 0 Å². The summed E-state index contributed by atoms with van der Waals surface area (Å²) in [6.45, 7) is 1.43. The Labute approximate surface area is 251 Å². The van der Waals surface area contributed by atoms with Crippen LogP contribution in [0.3, 0.4) is 0 Å². The number of hydrogen-bond donors (Lipinski definition) is 8. The molecule has 2 amide bonds. The number of aliphatic imine (C=N–C) groups is 2. The number of carboxylic acids is 2. The van der Waals surface area contributed by atoms with Crippen molar-refractivity contribution < 1.29 is 39.2 Å². The summed E-state index contributed by atoms with van der Waals surface area (Å²) >= 11 is 0. The van der Waals surface area contributed by atoms with E-state index in [2.05, 4.69) is 25.5 Å². The van der Waals surface area contributed by atoms with Crippen LogP contribution in [0, 0.1) is 0 Å². The van der Waals surface area contributed by atoms with Gasteiger partial charge in [-0.15, -0.1) is 0 Å². The molecule has 19 nitrogen and oxygen atoms in total. The van der Waals surface area contributed by atoms with Gasteiger partial charge in [0.15, 0.2) is 11.9 Å². The van der Waals surface area contributed by atoms with Crippen LogP contribution in [0.5, 0.6) is 0 Å². The number of carbonyl (C=O) groups is 4. The smallest absolute Gasteiger partial charge is 0.317 e. The van der Waals surface area contributed by atoms with Crippen molar-refractivity contribution in [2.24, 2.45) is 32.9 Å². The van der Waals surface area contributed by atoms with E-state index in [0.717, 1.165) is 0 Å². The van der Waals surface area contributed by atoms with Crippen molar-refractivity contribution in [3.8, 4) is 0 Å². The molecule has 0 aliphatic carbocycles. The van der Waals surface area contributed by atoms with E-state index in [4.69, 9.17) is 27.8 Å². The highest BCUT2D eigenvalue weighted by atomic mass is 17.2. The standard InChI is InChI=1S/C24H49N11O8/c1-42-43-18-35(15-20(37)30-7-3-5-9-32-24(27)28)13-11-33(16-21(38)39)10-12-34(17-22(40)41)14-19(36)29-6-2-4-8-31-23(25)26/h2-18H2,1H3,(H,29,36)(H,30,37)(H,38,39)(H,40,41)(H4,25,26,31)(H4,27,28,32). The molecule has 0 atom stereocenters. The molecular formula is C24H49N11O8. The van der Waals surface area contributed by atoms with Gasteiger partial charge >= 0.3 is 11.9 Å². The number of nitrogens with zero attached hydrogens (tertiary/aromatic N) is 5. The van der Waals surface area contributed by atoms with Crippen molar-refractivity contribution in [1.82, 2.24) is 25.3 Å². The van der Waals surface area contributed by atoms with Crippen LogP contribution in [0.25, 0.3) is 0 Å². The SMILES string of the molecule is COOCN(CCN(CCN(CC(=O)O)CC(=O)NCCCCN=C(N)N)CC(=O)O)CC(=O)NCCCCN=C(N)N. The minimum atomic E-state index is -1.13. The molecule has 0 unspecified atom stereocenters. The van der Waals surface area contributed by atoms with Crippen molar-refractivity contribution in [3.63, 3.8) is 0 Å². The zero-order chi connectivity index (χ0) is 32.5. The van der Waals surface area contributed by atoms with E-state index in [-0.39, 0.29) is 76.3 Å². The van der Waals surface area contributed by atoms with Gasteiger partial charge in [-0.3, -0.25) is 43.9 Å². The van der Waals surface area contributed by atoms with Crippen LogP contribution in [-0.2, 0) is 29.0 Å². The maximum atomic E-state index is 12.4. The monoisotopic (exact) mass is 619 g/mol. The van der Waals surface area contributed by atoms with Crippen molar-refractivity contribution in [2.45, 2.75) is 25.7 Å². The molecule has 0 aliphatic rings. The third-order valence-electron chi connectivity index (χ3n) is 5.67. The molecule has 0 radical (unpaired) electrons. The van der Waals surface area contributed by atoms with Crippen molar-refractivity contribution >= 4 is 35.7 Å². The second kappa shape index (κ2) is 24.8. The summed E-state index contributed by atoms with van der Waals surface area (Å²) in [5, 5.41) is 24.2. The van der Waals surface area contributed by atoms with E-state index in [1.165, 1.54) is 12.0 Å². The van der Waals surface area contributed by atoms with E-state index >= 15 is 0 Å². The first-order valence-electron chi connectivity index (χ1n) is 13.8. The largest absolute Gasteiger partial charge is 0.480 e. The minimum Gasteiger partial charge on any atom is -0.480 e. The molecule has 0 heterocycles. The number of unbranched alkanes of at least 4 members (excludes halogenated alkanes) is 2. The van der Waals surface area contributed by atoms with Crippen molar-refractivity contribution in [2.75, 3.05) is 92.4 Å². The van der Waals surface area contributed by atoms with E-state index in [1.807, 2.05) is 0 Å². The lowest BCUT2D eigenvalue weighted by molar-refractivity contribution is -0.295. The molecule has 0 saturated carbocycles. The number of nitrogens with two attached hydrogens (primary N) is 4. The zero-order valence-electron chi connectivity index (χ0n) is 24.9. The van der Waals surface area contributed by atoms with Crippen LogP contribution in [0.4, 0.5) is 0 Å². The molecule has 0 saturated heterocycles. The van der Waals surface area contributed by atoms with Gasteiger partial charge in [-0.25, -0.2) is 9.78 Å². The van der Waals surface area contributed by atoms with Gasteiger partial charge in [0.25, 0.3) is 0 Å². The molecule has 0 spiro atoms. The molecule has 0 aliphatic heterocycles. The van der Waals surface area contributed by atoms with Crippen LogP contribution in [0.2, 0.25) is 0 Å². The van der Waals surface area contributed by atoms with Gasteiger partial charge in [0.2, 0.25) is 11.8 Å². The fourth-order valence-corrected chi connectivity index (χ4v) is 3.61. The van der Waals surface area contributed by atoms with E-state index in [1.54, 1.807) is 9.80 Å². The van der Waals surface area contributed by atoms with Gasteiger partial charge in [-0.2, -0.15) is 0 Å². The first-order valence-corrected chi connectivity index (χ1v) is 13.8. The molecular weight excluding hydrogens is 570 g/mol. The topological polar surface area (TPSA) is 290 Å². The number of aliphatic carboxylic acids is 2. The van der Waals surface area contributed by atoms with E-state index in [0.29, 0.717) is 51.9 Å². The van der Waals surface area contributed by atoms with E-state index < -0.39 is 18.5 Å². The van der Waals surface area contributed by atoms with E-state index in [9.17, 15) is 29.4 Å². The molecule has 0 aromatic heterocycles. The summed E-state index contributed by atoms with van der Waals surface area (Å²) in [5.74, 6) is -2.82. The number of hydrogen-bond acceptors (Lipinski definition) is 11. The molecule has 0 fully saturated rings. The second-order valence-corrected chi connectivity index (χ2v) is 9.47. The summed E-state index contributed by atoms with van der Waals surface area (Å²) in [6.07, 6.45) is 2.67. The summed E-state index contributed by atoms with van der Waals surface area (Å²) in [4.78, 5) is 69.6. The number of nitrogens with one attached hydrogen (secondary N) is 2. The van der Waals surface area contributed by atoms with Crippen LogP contribution in [0.15, 0.2) is 9.98 Å². The van der Waals surface area contributed by atoms with Crippen LogP contribution in [-0.4, -0.2) is 153 Å². The maximum Gasteiger partial charge on any atom is 0.317 e. The Kier molecular flexibility index (Phi) is 22.6. The molecule has 0 aromatic carbocycles. The Morgan fingerprint density at radius 3 is 1.51 bits per heavy atom. The predicted octanol–water partition coefficient (Wildman–Crippen LogP) is -4.06. The first-order chi connectivity index (χ1) is 20.4. The van der Waals surface area contributed by atoms with Gasteiger partial charge in [-0.1, -0.05) is 0 Å². The quantitative estimate of drug-likeness (QED) is 0.0108. The highest BCUT2D eigenvalue weighted by molar-refractivity contribution is 5.79. The molecule has 248 valence electrons. The summed E-state index contributed by atoms with van der Waals surface area (Å²) in [7, 11) is 1.32. The van der Waals surface area contributed by atoms with Gasteiger partial charge in [0.1, 0.15) is 6.73 Å². The number of amides is 2. The Balaban J connectivity index is 4.89. The summed E-state index contributed by atoms with van der Waals surface area (Å²) < 4.78 is 0. The number of guanidine groups is 2.